The second kappa shape index (κ2) is 6.69. The lowest BCUT2D eigenvalue weighted by Gasteiger charge is -2.13. The molecule has 1 aliphatic heterocycles. The van der Waals surface area contributed by atoms with Gasteiger partial charge in [-0.3, -0.25) is 19.3 Å². The zero-order valence-electron chi connectivity index (χ0n) is 11.4. The summed E-state index contributed by atoms with van der Waals surface area (Å²) in [5.74, 6) is -0.992. The van der Waals surface area contributed by atoms with Crippen molar-refractivity contribution in [3.63, 3.8) is 0 Å². The monoisotopic (exact) mass is 288 g/mol. The van der Waals surface area contributed by atoms with E-state index in [0.717, 1.165) is 0 Å². The largest absolute Gasteiger partial charge is 0.507 e. The summed E-state index contributed by atoms with van der Waals surface area (Å²) in [7, 11) is 0. The van der Waals surface area contributed by atoms with Gasteiger partial charge in [0.15, 0.2) is 0 Å². The van der Waals surface area contributed by atoms with E-state index in [2.05, 4.69) is 5.32 Å². The molecule has 0 atom stereocenters. The molecule has 0 saturated heterocycles. The van der Waals surface area contributed by atoms with E-state index >= 15 is 0 Å². The van der Waals surface area contributed by atoms with Crippen LogP contribution in [0, 0.1) is 0 Å². The molecule has 0 bridgehead atoms. The number of aromatic hydroxyl groups is 1. The number of nitrogens with one attached hydrogen (secondary N) is 1. The lowest BCUT2D eigenvalue weighted by molar-refractivity contribution is -0.136. The van der Waals surface area contributed by atoms with Gasteiger partial charge in [-0.25, -0.2) is 0 Å². The number of amides is 3. The molecule has 1 aromatic carbocycles. The highest BCUT2D eigenvalue weighted by Gasteiger charge is 2.22. The van der Waals surface area contributed by atoms with Crippen LogP contribution in [0.5, 0.6) is 5.75 Å². The fraction of sp³-hybridized carbons (Fsp3) is 0.267. The van der Waals surface area contributed by atoms with Crippen LogP contribution in [0.2, 0.25) is 0 Å². The number of rotatable bonds is 6. The number of benzene rings is 1. The summed E-state index contributed by atoms with van der Waals surface area (Å²) in [5.41, 5.74) is 0.228. The molecule has 0 spiro atoms. The van der Waals surface area contributed by atoms with Crippen molar-refractivity contribution >= 4 is 17.7 Å². The van der Waals surface area contributed by atoms with Gasteiger partial charge in [-0.15, -0.1) is 0 Å². The van der Waals surface area contributed by atoms with E-state index in [1.54, 1.807) is 12.1 Å². The van der Waals surface area contributed by atoms with Crippen molar-refractivity contribution in [2.45, 2.75) is 12.8 Å². The molecule has 110 valence electrons. The topological polar surface area (TPSA) is 86.7 Å². The van der Waals surface area contributed by atoms with Gasteiger partial charge in [-0.1, -0.05) is 12.1 Å². The van der Waals surface area contributed by atoms with Gasteiger partial charge < -0.3 is 10.4 Å². The molecule has 0 saturated carbocycles. The summed E-state index contributed by atoms with van der Waals surface area (Å²) < 4.78 is 0. The second-order valence-electron chi connectivity index (χ2n) is 4.64. The van der Waals surface area contributed by atoms with Crippen LogP contribution in [0.3, 0.4) is 0 Å². The van der Waals surface area contributed by atoms with Gasteiger partial charge in [0, 0.05) is 25.2 Å². The van der Waals surface area contributed by atoms with E-state index in [1.807, 2.05) is 0 Å². The van der Waals surface area contributed by atoms with Crippen LogP contribution in [0.1, 0.15) is 23.2 Å². The fourth-order valence-corrected chi connectivity index (χ4v) is 2.01. The average Bonchev–Trinajstić information content (AvgIpc) is 2.78. The SMILES string of the molecule is O=C(NCCCCN1C(=O)C=CC1=O)c1ccccc1O. The van der Waals surface area contributed by atoms with E-state index in [0.29, 0.717) is 25.9 Å². The Morgan fingerprint density at radius 1 is 1.10 bits per heavy atom. The van der Waals surface area contributed by atoms with Crippen molar-refractivity contribution in [3.05, 3.63) is 42.0 Å². The van der Waals surface area contributed by atoms with Crippen molar-refractivity contribution in [2.24, 2.45) is 0 Å². The molecule has 0 radical (unpaired) electrons. The van der Waals surface area contributed by atoms with Crippen molar-refractivity contribution in [1.82, 2.24) is 10.2 Å². The maximum absolute atomic E-state index is 11.8. The molecule has 3 amide bonds. The molecule has 6 nitrogen and oxygen atoms in total. The zero-order chi connectivity index (χ0) is 15.2. The first kappa shape index (κ1) is 14.8. The van der Waals surface area contributed by atoms with Gasteiger partial charge >= 0.3 is 0 Å². The van der Waals surface area contributed by atoms with Gasteiger partial charge in [0.2, 0.25) is 0 Å². The third kappa shape index (κ3) is 3.68. The molecule has 0 fully saturated rings. The van der Waals surface area contributed by atoms with Crippen molar-refractivity contribution in [3.8, 4) is 5.75 Å². The zero-order valence-corrected chi connectivity index (χ0v) is 11.4. The van der Waals surface area contributed by atoms with Crippen LogP contribution in [-0.4, -0.2) is 40.8 Å². The Balaban J connectivity index is 1.69. The first-order valence-corrected chi connectivity index (χ1v) is 6.69. The van der Waals surface area contributed by atoms with E-state index in [4.69, 9.17) is 0 Å². The highest BCUT2D eigenvalue weighted by Crippen LogP contribution is 2.14. The standard InChI is InChI=1S/C15H16N2O4/c18-12-6-2-1-5-11(12)15(21)16-9-3-4-10-17-13(19)7-8-14(17)20/h1-2,5-8,18H,3-4,9-10H2,(H,16,21). The van der Waals surface area contributed by atoms with Gasteiger partial charge in [0.05, 0.1) is 5.56 Å². The molecule has 1 aromatic rings. The van der Waals surface area contributed by atoms with E-state index in [-0.39, 0.29) is 29.0 Å². The molecule has 1 aliphatic rings. The number of para-hydroxylation sites is 1. The minimum atomic E-state index is -0.344. The normalized spacial score (nSPS) is 13.8. The number of hydrogen-bond acceptors (Lipinski definition) is 4. The molecule has 2 N–H and O–H groups in total. The highest BCUT2D eigenvalue weighted by atomic mass is 16.3. The Morgan fingerprint density at radius 2 is 1.76 bits per heavy atom. The summed E-state index contributed by atoms with van der Waals surface area (Å²) in [6, 6.07) is 6.31. The van der Waals surface area contributed by atoms with Crippen molar-refractivity contribution in [2.75, 3.05) is 13.1 Å². The predicted octanol–water partition coefficient (Wildman–Crippen LogP) is 0.827. The molecular weight excluding hydrogens is 272 g/mol. The Kier molecular flexibility index (Phi) is 4.71. The second-order valence-corrected chi connectivity index (χ2v) is 4.64. The minimum absolute atomic E-state index is 0.0608. The summed E-state index contributed by atoms with van der Waals surface area (Å²) in [6.07, 6.45) is 3.75. The van der Waals surface area contributed by atoms with Crippen LogP contribution < -0.4 is 5.32 Å². The number of phenols is 1. The number of imide groups is 1. The summed E-state index contributed by atoms with van der Waals surface area (Å²) >= 11 is 0. The molecule has 21 heavy (non-hydrogen) atoms. The van der Waals surface area contributed by atoms with Gasteiger partial charge in [0.25, 0.3) is 17.7 Å². The molecule has 0 aromatic heterocycles. The maximum Gasteiger partial charge on any atom is 0.255 e. The van der Waals surface area contributed by atoms with Crippen LogP contribution in [0.4, 0.5) is 0 Å². The van der Waals surface area contributed by atoms with Crippen LogP contribution >= 0.6 is 0 Å². The molecule has 2 rings (SSSR count). The lowest BCUT2D eigenvalue weighted by Crippen LogP contribution is -2.31. The van der Waals surface area contributed by atoms with Crippen molar-refractivity contribution in [1.29, 1.82) is 0 Å². The number of nitrogens with zero attached hydrogens (tertiary/aromatic N) is 1. The lowest BCUT2D eigenvalue weighted by atomic mass is 10.2. The van der Waals surface area contributed by atoms with Gasteiger partial charge in [0.1, 0.15) is 5.75 Å². The minimum Gasteiger partial charge on any atom is -0.507 e. The smallest absolute Gasteiger partial charge is 0.255 e. The van der Waals surface area contributed by atoms with Crippen LogP contribution in [-0.2, 0) is 9.59 Å². The quantitative estimate of drug-likeness (QED) is 0.599. The first-order chi connectivity index (χ1) is 10.1. The number of carbonyl (C=O) groups excluding carboxylic acids is 3. The van der Waals surface area contributed by atoms with E-state index in [9.17, 15) is 19.5 Å². The number of carbonyl (C=O) groups is 3. The van der Waals surface area contributed by atoms with Gasteiger partial charge in [-0.05, 0) is 25.0 Å². The Labute approximate surface area is 122 Å². The van der Waals surface area contributed by atoms with Crippen LogP contribution in [0.15, 0.2) is 36.4 Å². The first-order valence-electron chi connectivity index (χ1n) is 6.69. The molecule has 0 aliphatic carbocycles. The third-order valence-corrected chi connectivity index (χ3v) is 3.14. The Morgan fingerprint density at radius 3 is 2.43 bits per heavy atom. The van der Waals surface area contributed by atoms with Crippen molar-refractivity contribution < 1.29 is 19.5 Å². The number of phenolic OH excluding ortho intramolecular Hbond substituents is 1. The summed E-state index contributed by atoms with van der Waals surface area (Å²) in [6.45, 7) is 0.758. The van der Waals surface area contributed by atoms with Gasteiger partial charge in [-0.2, -0.15) is 0 Å². The summed E-state index contributed by atoms with van der Waals surface area (Å²) in [5, 5.41) is 12.2. The van der Waals surface area contributed by atoms with Crippen LogP contribution in [0.25, 0.3) is 0 Å². The van der Waals surface area contributed by atoms with E-state index < -0.39 is 0 Å². The molecule has 0 unspecified atom stereocenters. The maximum atomic E-state index is 11.8. The Hall–Kier alpha value is -2.63. The number of unbranched alkanes of at least 4 members (excludes halogenated alkanes) is 1. The number of hydrogen-bond donors (Lipinski definition) is 2. The highest BCUT2D eigenvalue weighted by molar-refractivity contribution is 6.12. The Bertz CT molecular complexity index is 577. The molecule has 6 heteroatoms. The third-order valence-electron chi connectivity index (χ3n) is 3.14. The molecule has 1 heterocycles. The average molecular weight is 288 g/mol. The molecular formula is C15H16N2O4. The predicted molar refractivity (Wildman–Crippen MR) is 75.5 cm³/mol. The summed E-state index contributed by atoms with van der Waals surface area (Å²) in [4.78, 5) is 35.6. The van der Waals surface area contributed by atoms with E-state index in [1.165, 1.54) is 29.2 Å². The fourth-order valence-electron chi connectivity index (χ4n) is 2.01.